The Labute approximate surface area is 129 Å². The first-order valence-corrected chi connectivity index (χ1v) is 8.50. The minimum absolute atomic E-state index is 0.436. The SMILES string of the molecule is CCCNc1ncnc(NCC2(C)CCCC2)c1CCC. The summed E-state index contributed by atoms with van der Waals surface area (Å²) in [5.74, 6) is 2.03. The second-order valence-corrected chi connectivity index (χ2v) is 6.60. The smallest absolute Gasteiger partial charge is 0.134 e. The molecule has 1 aliphatic rings. The molecule has 0 bridgehead atoms. The van der Waals surface area contributed by atoms with Gasteiger partial charge in [0.1, 0.15) is 18.0 Å². The fraction of sp³-hybridized carbons (Fsp3) is 0.765. The minimum Gasteiger partial charge on any atom is -0.370 e. The van der Waals surface area contributed by atoms with Gasteiger partial charge in [-0.2, -0.15) is 0 Å². The molecule has 1 aromatic heterocycles. The van der Waals surface area contributed by atoms with Crippen molar-refractivity contribution in [2.24, 2.45) is 5.41 Å². The lowest BCUT2D eigenvalue weighted by Gasteiger charge is -2.25. The Morgan fingerprint density at radius 1 is 1.05 bits per heavy atom. The summed E-state index contributed by atoms with van der Waals surface area (Å²) >= 11 is 0. The molecule has 0 saturated heterocycles. The number of rotatable bonds is 8. The number of nitrogens with zero attached hydrogens (tertiary/aromatic N) is 2. The highest BCUT2D eigenvalue weighted by Gasteiger charge is 2.28. The molecule has 1 saturated carbocycles. The molecule has 1 heterocycles. The molecular formula is C17H30N4. The van der Waals surface area contributed by atoms with E-state index in [2.05, 4.69) is 41.4 Å². The van der Waals surface area contributed by atoms with Gasteiger partial charge in [-0.15, -0.1) is 0 Å². The number of anilines is 2. The van der Waals surface area contributed by atoms with E-state index >= 15 is 0 Å². The molecular weight excluding hydrogens is 260 g/mol. The van der Waals surface area contributed by atoms with Gasteiger partial charge in [0.05, 0.1) is 0 Å². The number of hydrogen-bond donors (Lipinski definition) is 2. The van der Waals surface area contributed by atoms with Gasteiger partial charge in [-0.05, 0) is 31.1 Å². The van der Waals surface area contributed by atoms with Crippen LogP contribution >= 0.6 is 0 Å². The van der Waals surface area contributed by atoms with E-state index in [-0.39, 0.29) is 0 Å². The molecule has 1 fully saturated rings. The van der Waals surface area contributed by atoms with Crippen molar-refractivity contribution in [1.82, 2.24) is 9.97 Å². The molecule has 0 aliphatic heterocycles. The predicted molar refractivity (Wildman–Crippen MR) is 89.9 cm³/mol. The van der Waals surface area contributed by atoms with Crippen LogP contribution < -0.4 is 10.6 Å². The molecule has 0 atom stereocenters. The molecule has 21 heavy (non-hydrogen) atoms. The largest absolute Gasteiger partial charge is 0.370 e. The van der Waals surface area contributed by atoms with Crippen LogP contribution in [0.3, 0.4) is 0 Å². The maximum absolute atomic E-state index is 4.50. The summed E-state index contributed by atoms with van der Waals surface area (Å²) in [6.45, 7) is 8.76. The lowest BCUT2D eigenvalue weighted by atomic mass is 9.89. The molecule has 0 unspecified atom stereocenters. The van der Waals surface area contributed by atoms with Gasteiger partial charge in [-0.1, -0.05) is 40.0 Å². The summed E-state index contributed by atoms with van der Waals surface area (Å²) in [6.07, 6.45) is 10.3. The highest BCUT2D eigenvalue weighted by molar-refractivity contribution is 5.57. The van der Waals surface area contributed by atoms with Gasteiger partial charge >= 0.3 is 0 Å². The summed E-state index contributed by atoms with van der Waals surface area (Å²) in [6, 6.07) is 0. The second-order valence-electron chi connectivity index (χ2n) is 6.60. The Hall–Kier alpha value is -1.32. The van der Waals surface area contributed by atoms with Crippen molar-refractivity contribution in [2.75, 3.05) is 23.7 Å². The standard InChI is InChI=1S/C17H30N4/c1-4-8-14-15(18-11-5-2)20-13-21-16(14)19-12-17(3)9-6-7-10-17/h13H,4-12H2,1-3H3,(H2,18,19,20,21). The third-order valence-corrected chi connectivity index (χ3v) is 4.48. The van der Waals surface area contributed by atoms with Crippen molar-refractivity contribution >= 4 is 11.6 Å². The van der Waals surface area contributed by atoms with Crippen molar-refractivity contribution in [2.45, 2.75) is 65.7 Å². The topological polar surface area (TPSA) is 49.8 Å². The second kappa shape index (κ2) is 7.62. The maximum Gasteiger partial charge on any atom is 0.134 e. The molecule has 4 nitrogen and oxygen atoms in total. The van der Waals surface area contributed by atoms with Crippen LogP contribution in [0.5, 0.6) is 0 Å². The van der Waals surface area contributed by atoms with Crippen LogP contribution in [-0.2, 0) is 6.42 Å². The monoisotopic (exact) mass is 290 g/mol. The normalized spacial score (nSPS) is 16.9. The fourth-order valence-corrected chi connectivity index (χ4v) is 3.15. The molecule has 0 aromatic carbocycles. The van der Waals surface area contributed by atoms with Crippen molar-refractivity contribution in [3.8, 4) is 0 Å². The molecule has 1 aromatic rings. The van der Waals surface area contributed by atoms with E-state index in [1.54, 1.807) is 6.33 Å². The molecule has 118 valence electrons. The predicted octanol–water partition coefficient (Wildman–Crippen LogP) is 4.24. The summed E-state index contributed by atoms with van der Waals surface area (Å²) in [7, 11) is 0. The van der Waals surface area contributed by atoms with Crippen LogP contribution in [0.1, 0.15) is 64.9 Å². The average molecular weight is 290 g/mol. The fourth-order valence-electron chi connectivity index (χ4n) is 3.15. The molecule has 0 spiro atoms. The zero-order chi connectivity index (χ0) is 15.1. The number of hydrogen-bond acceptors (Lipinski definition) is 4. The van der Waals surface area contributed by atoms with Crippen LogP contribution in [0.15, 0.2) is 6.33 Å². The van der Waals surface area contributed by atoms with Gasteiger partial charge in [0.2, 0.25) is 0 Å². The van der Waals surface area contributed by atoms with Crippen LogP contribution in [0.4, 0.5) is 11.6 Å². The van der Waals surface area contributed by atoms with Crippen LogP contribution in [-0.4, -0.2) is 23.1 Å². The van der Waals surface area contributed by atoms with Crippen molar-refractivity contribution < 1.29 is 0 Å². The highest BCUT2D eigenvalue weighted by atomic mass is 15.1. The van der Waals surface area contributed by atoms with Crippen LogP contribution in [0.25, 0.3) is 0 Å². The molecule has 4 heteroatoms. The van der Waals surface area contributed by atoms with Gasteiger partial charge in [0.15, 0.2) is 0 Å². The Morgan fingerprint density at radius 3 is 2.33 bits per heavy atom. The van der Waals surface area contributed by atoms with E-state index in [0.717, 1.165) is 44.0 Å². The maximum atomic E-state index is 4.50. The Bertz CT molecular complexity index is 438. The molecule has 2 rings (SSSR count). The quantitative estimate of drug-likeness (QED) is 0.751. The van der Waals surface area contributed by atoms with E-state index in [1.807, 2.05) is 0 Å². The first-order chi connectivity index (χ1) is 10.2. The first-order valence-electron chi connectivity index (χ1n) is 8.50. The third-order valence-electron chi connectivity index (χ3n) is 4.48. The Kier molecular flexibility index (Phi) is 5.83. The van der Waals surface area contributed by atoms with E-state index < -0.39 is 0 Å². The van der Waals surface area contributed by atoms with Gasteiger partial charge < -0.3 is 10.6 Å². The first kappa shape index (κ1) is 16.1. The summed E-state index contributed by atoms with van der Waals surface area (Å²) in [4.78, 5) is 8.93. The number of aromatic nitrogens is 2. The highest BCUT2D eigenvalue weighted by Crippen LogP contribution is 2.37. The zero-order valence-electron chi connectivity index (χ0n) is 13.8. The summed E-state index contributed by atoms with van der Waals surface area (Å²) in [5.41, 5.74) is 1.68. The van der Waals surface area contributed by atoms with Crippen molar-refractivity contribution in [3.63, 3.8) is 0 Å². The van der Waals surface area contributed by atoms with Gasteiger partial charge in [0.25, 0.3) is 0 Å². The molecule has 1 aliphatic carbocycles. The van der Waals surface area contributed by atoms with Gasteiger partial charge in [-0.25, -0.2) is 9.97 Å². The summed E-state index contributed by atoms with van der Waals surface area (Å²) < 4.78 is 0. The van der Waals surface area contributed by atoms with E-state index in [4.69, 9.17) is 0 Å². The minimum atomic E-state index is 0.436. The zero-order valence-corrected chi connectivity index (χ0v) is 13.8. The van der Waals surface area contributed by atoms with Gasteiger partial charge in [-0.3, -0.25) is 0 Å². The van der Waals surface area contributed by atoms with Crippen molar-refractivity contribution in [3.05, 3.63) is 11.9 Å². The van der Waals surface area contributed by atoms with Crippen molar-refractivity contribution in [1.29, 1.82) is 0 Å². The average Bonchev–Trinajstić information content (AvgIpc) is 2.92. The molecule has 2 N–H and O–H groups in total. The van der Waals surface area contributed by atoms with E-state index in [1.165, 1.54) is 31.2 Å². The van der Waals surface area contributed by atoms with Crippen LogP contribution in [0.2, 0.25) is 0 Å². The van der Waals surface area contributed by atoms with E-state index in [9.17, 15) is 0 Å². The molecule has 0 radical (unpaired) electrons. The Morgan fingerprint density at radius 2 is 1.71 bits per heavy atom. The molecule has 0 amide bonds. The Balaban J connectivity index is 2.09. The van der Waals surface area contributed by atoms with Crippen LogP contribution in [0, 0.1) is 5.41 Å². The summed E-state index contributed by atoms with van der Waals surface area (Å²) in [5, 5.41) is 7.04. The lowest BCUT2D eigenvalue weighted by Crippen LogP contribution is -2.24. The van der Waals surface area contributed by atoms with E-state index in [0.29, 0.717) is 5.41 Å². The number of nitrogens with one attached hydrogen (secondary N) is 2. The van der Waals surface area contributed by atoms with Gasteiger partial charge in [0, 0.05) is 18.7 Å². The third kappa shape index (κ3) is 4.32. The lowest BCUT2D eigenvalue weighted by molar-refractivity contribution is 0.361.